The summed E-state index contributed by atoms with van der Waals surface area (Å²) in [7, 11) is 1.72. The zero-order valence-electron chi connectivity index (χ0n) is 10.2. The summed E-state index contributed by atoms with van der Waals surface area (Å²) in [5, 5.41) is 3.55. The van der Waals surface area contributed by atoms with Gasteiger partial charge in [0.1, 0.15) is 5.75 Å². The average molecular weight is 219 g/mol. The molecule has 1 aliphatic rings. The lowest BCUT2D eigenvalue weighted by molar-refractivity contribution is 0.413. The van der Waals surface area contributed by atoms with Gasteiger partial charge in [0.05, 0.1) is 7.11 Å². The summed E-state index contributed by atoms with van der Waals surface area (Å²) in [6.07, 6.45) is 3.94. The molecule has 1 atom stereocenters. The average Bonchev–Trinajstić information content (AvgIpc) is 3.13. The van der Waals surface area contributed by atoms with Crippen molar-refractivity contribution in [3.8, 4) is 5.75 Å². The second-order valence-electron chi connectivity index (χ2n) is 4.69. The van der Waals surface area contributed by atoms with Crippen LogP contribution in [0.3, 0.4) is 0 Å². The smallest absolute Gasteiger partial charge is 0.119 e. The first-order chi connectivity index (χ1) is 7.79. The predicted molar refractivity (Wildman–Crippen MR) is 67.1 cm³/mol. The van der Waals surface area contributed by atoms with E-state index in [0.29, 0.717) is 5.92 Å². The quantitative estimate of drug-likeness (QED) is 0.794. The van der Waals surface area contributed by atoms with Gasteiger partial charge in [-0.15, -0.1) is 0 Å². The Labute approximate surface area is 98.0 Å². The molecule has 2 heteroatoms. The highest BCUT2D eigenvalue weighted by Gasteiger charge is 2.20. The van der Waals surface area contributed by atoms with Crippen molar-refractivity contribution < 1.29 is 4.74 Å². The summed E-state index contributed by atoms with van der Waals surface area (Å²) in [6, 6.07) is 9.21. The molecule has 1 aliphatic carbocycles. The van der Waals surface area contributed by atoms with Gasteiger partial charge in [0.25, 0.3) is 0 Å². The maximum Gasteiger partial charge on any atom is 0.119 e. The van der Waals surface area contributed by atoms with Crippen molar-refractivity contribution in [1.82, 2.24) is 5.32 Å². The predicted octanol–water partition coefficient (Wildman–Crippen LogP) is 2.94. The van der Waals surface area contributed by atoms with Crippen LogP contribution in [0.15, 0.2) is 24.3 Å². The van der Waals surface area contributed by atoms with E-state index >= 15 is 0 Å². The minimum Gasteiger partial charge on any atom is -0.497 e. The number of methoxy groups -OCH3 is 1. The minimum atomic E-state index is 0.598. The minimum absolute atomic E-state index is 0.598. The molecule has 1 aromatic carbocycles. The Morgan fingerprint density at radius 2 is 2.25 bits per heavy atom. The third kappa shape index (κ3) is 3.24. The number of nitrogens with one attached hydrogen (secondary N) is 1. The first-order valence-electron chi connectivity index (χ1n) is 6.17. The van der Waals surface area contributed by atoms with Gasteiger partial charge in [0.2, 0.25) is 0 Å². The lowest BCUT2D eigenvalue weighted by Crippen LogP contribution is -2.18. The van der Waals surface area contributed by atoms with Crippen molar-refractivity contribution in [2.24, 2.45) is 0 Å². The van der Waals surface area contributed by atoms with Crippen molar-refractivity contribution in [2.45, 2.75) is 38.1 Å². The topological polar surface area (TPSA) is 21.3 Å². The van der Waals surface area contributed by atoms with E-state index in [1.54, 1.807) is 7.11 Å². The molecule has 1 fully saturated rings. The highest BCUT2D eigenvalue weighted by atomic mass is 16.5. The highest BCUT2D eigenvalue weighted by molar-refractivity contribution is 5.30. The summed E-state index contributed by atoms with van der Waals surface area (Å²) in [4.78, 5) is 0. The fourth-order valence-electron chi connectivity index (χ4n) is 1.91. The molecular weight excluding hydrogens is 198 g/mol. The van der Waals surface area contributed by atoms with Gasteiger partial charge in [0, 0.05) is 6.04 Å². The first-order valence-corrected chi connectivity index (χ1v) is 6.17. The number of rotatable bonds is 6. The van der Waals surface area contributed by atoms with Gasteiger partial charge in [-0.2, -0.15) is 0 Å². The third-order valence-electron chi connectivity index (χ3n) is 3.25. The summed E-state index contributed by atoms with van der Waals surface area (Å²) in [5.74, 6) is 1.56. The van der Waals surface area contributed by atoms with E-state index in [0.717, 1.165) is 18.3 Å². The molecule has 1 unspecified atom stereocenters. The molecule has 0 radical (unpaired) electrons. The Morgan fingerprint density at radius 3 is 2.94 bits per heavy atom. The summed E-state index contributed by atoms with van der Waals surface area (Å²) < 4.78 is 5.24. The lowest BCUT2D eigenvalue weighted by Gasteiger charge is -2.13. The largest absolute Gasteiger partial charge is 0.497 e. The van der Waals surface area contributed by atoms with Gasteiger partial charge in [-0.1, -0.05) is 19.1 Å². The zero-order valence-corrected chi connectivity index (χ0v) is 10.2. The van der Waals surface area contributed by atoms with E-state index in [1.807, 2.05) is 6.07 Å². The molecule has 88 valence electrons. The molecule has 0 aromatic heterocycles. The van der Waals surface area contributed by atoms with Crippen LogP contribution in [0.5, 0.6) is 5.75 Å². The normalized spacial score (nSPS) is 17.1. The number of hydrogen-bond donors (Lipinski definition) is 1. The van der Waals surface area contributed by atoms with Crippen LogP contribution in [0.2, 0.25) is 0 Å². The first kappa shape index (κ1) is 11.5. The summed E-state index contributed by atoms with van der Waals surface area (Å²) >= 11 is 0. The second-order valence-corrected chi connectivity index (χ2v) is 4.69. The van der Waals surface area contributed by atoms with E-state index in [2.05, 4.69) is 30.4 Å². The van der Waals surface area contributed by atoms with Gasteiger partial charge in [-0.05, 0) is 49.4 Å². The van der Waals surface area contributed by atoms with Crippen molar-refractivity contribution in [3.63, 3.8) is 0 Å². The van der Waals surface area contributed by atoms with Crippen LogP contribution in [-0.4, -0.2) is 19.7 Å². The molecular formula is C14H21NO. The second kappa shape index (κ2) is 5.35. The van der Waals surface area contributed by atoms with Crippen molar-refractivity contribution in [1.29, 1.82) is 0 Å². The van der Waals surface area contributed by atoms with Crippen LogP contribution in [0, 0.1) is 0 Å². The number of hydrogen-bond acceptors (Lipinski definition) is 2. The van der Waals surface area contributed by atoms with E-state index in [1.165, 1.54) is 24.8 Å². The Kier molecular flexibility index (Phi) is 3.83. The molecule has 0 saturated heterocycles. The summed E-state index contributed by atoms with van der Waals surface area (Å²) in [5.41, 5.74) is 1.37. The van der Waals surface area contributed by atoms with E-state index in [9.17, 15) is 0 Å². The monoisotopic (exact) mass is 219 g/mol. The van der Waals surface area contributed by atoms with Gasteiger partial charge >= 0.3 is 0 Å². The van der Waals surface area contributed by atoms with Gasteiger partial charge in [-0.3, -0.25) is 0 Å². The van der Waals surface area contributed by atoms with E-state index in [-0.39, 0.29) is 0 Å². The Hall–Kier alpha value is -1.02. The Morgan fingerprint density at radius 1 is 1.44 bits per heavy atom. The fourth-order valence-corrected chi connectivity index (χ4v) is 1.91. The molecule has 0 bridgehead atoms. The van der Waals surface area contributed by atoms with Crippen LogP contribution >= 0.6 is 0 Å². The van der Waals surface area contributed by atoms with Gasteiger partial charge < -0.3 is 10.1 Å². The molecule has 1 saturated carbocycles. The molecule has 16 heavy (non-hydrogen) atoms. The molecule has 0 aliphatic heterocycles. The molecule has 0 spiro atoms. The van der Waals surface area contributed by atoms with Gasteiger partial charge in [-0.25, -0.2) is 0 Å². The maximum atomic E-state index is 5.24. The van der Waals surface area contributed by atoms with Crippen molar-refractivity contribution in [3.05, 3.63) is 29.8 Å². The molecule has 1 aromatic rings. The molecule has 2 nitrogen and oxygen atoms in total. The van der Waals surface area contributed by atoms with Crippen LogP contribution in [0.4, 0.5) is 0 Å². The van der Waals surface area contributed by atoms with E-state index in [4.69, 9.17) is 4.74 Å². The number of ether oxygens (including phenoxy) is 1. The molecule has 0 heterocycles. The van der Waals surface area contributed by atoms with Crippen molar-refractivity contribution in [2.75, 3.05) is 13.7 Å². The van der Waals surface area contributed by atoms with Crippen LogP contribution in [-0.2, 0) is 0 Å². The van der Waals surface area contributed by atoms with E-state index < -0.39 is 0 Å². The number of benzene rings is 1. The lowest BCUT2D eigenvalue weighted by atomic mass is 9.97. The van der Waals surface area contributed by atoms with Crippen LogP contribution < -0.4 is 10.1 Å². The fraction of sp³-hybridized carbons (Fsp3) is 0.571. The highest BCUT2D eigenvalue weighted by Crippen LogP contribution is 2.24. The molecule has 0 amide bonds. The van der Waals surface area contributed by atoms with Crippen LogP contribution in [0.25, 0.3) is 0 Å². The van der Waals surface area contributed by atoms with Crippen molar-refractivity contribution >= 4 is 0 Å². The molecule has 2 rings (SSSR count). The Bertz CT molecular complexity index is 333. The third-order valence-corrected chi connectivity index (χ3v) is 3.25. The summed E-state index contributed by atoms with van der Waals surface area (Å²) in [6.45, 7) is 3.41. The molecule has 1 N–H and O–H groups in total. The maximum absolute atomic E-state index is 5.24. The SMILES string of the molecule is COc1cccc(C(C)CCNC2CC2)c1. The van der Waals surface area contributed by atoms with Gasteiger partial charge in [0.15, 0.2) is 0 Å². The standard InChI is InChI=1S/C14H21NO/c1-11(8-9-15-13-6-7-13)12-4-3-5-14(10-12)16-2/h3-5,10-11,13,15H,6-9H2,1-2H3. The van der Waals surface area contributed by atoms with Crippen LogP contribution in [0.1, 0.15) is 37.7 Å². The zero-order chi connectivity index (χ0) is 11.4. The Balaban J connectivity index is 1.83.